The van der Waals surface area contributed by atoms with Gasteiger partial charge in [-0.05, 0) is 68.0 Å². The molecule has 0 amide bonds. The van der Waals surface area contributed by atoms with Crippen molar-refractivity contribution in [2.75, 3.05) is 0 Å². The van der Waals surface area contributed by atoms with Crippen LogP contribution in [0.15, 0.2) is 168 Å². The van der Waals surface area contributed by atoms with Gasteiger partial charge in [0.05, 0.1) is 0 Å². The van der Waals surface area contributed by atoms with Crippen LogP contribution in [0, 0.1) is 0 Å². The van der Waals surface area contributed by atoms with Crippen molar-refractivity contribution in [1.82, 2.24) is 15.0 Å². The highest BCUT2D eigenvalue weighted by atomic mass is 28.3. The Balaban J connectivity index is 1.18. The van der Waals surface area contributed by atoms with Crippen LogP contribution in [0.25, 0.3) is 89.5 Å². The van der Waals surface area contributed by atoms with E-state index < -0.39 is 8.07 Å². The summed E-state index contributed by atoms with van der Waals surface area (Å²) in [4.78, 5) is 15.6. The first-order valence-electron chi connectivity index (χ1n) is 17.7. The van der Waals surface area contributed by atoms with Gasteiger partial charge in [0.1, 0.15) is 19.2 Å². The molecule has 0 bridgehead atoms. The lowest BCUT2D eigenvalue weighted by atomic mass is 9.96. The van der Waals surface area contributed by atoms with Crippen LogP contribution in [0.5, 0.6) is 0 Å². The minimum atomic E-state index is -1.95. The van der Waals surface area contributed by atoms with Gasteiger partial charge in [0.15, 0.2) is 17.5 Å². The van der Waals surface area contributed by atoms with E-state index in [9.17, 15) is 0 Å². The van der Waals surface area contributed by atoms with Gasteiger partial charge in [-0.3, -0.25) is 0 Å². The summed E-state index contributed by atoms with van der Waals surface area (Å²) in [5.41, 5.74) is 11.7. The Bertz CT molecular complexity index is 2810. The predicted molar refractivity (Wildman–Crippen MR) is 216 cm³/mol. The van der Waals surface area contributed by atoms with Crippen molar-refractivity contribution in [3.63, 3.8) is 0 Å². The quantitative estimate of drug-likeness (QED) is 0.169. The first kappa shape index (κ1) is 30.4. The van der Waals surface area contributed by atoms with Crippen LogP contribution in [-0.4, -0.2) is 23.0 Å². The van der Waals surface area contributed by atoms with Crippen molar-refractivity contribution in [3.05, 3.63) is 164 Å². The number of aromatic nitrogens is 3. The Labute approximate surface area is 303 Å². The zero-order valence-corrected chi connectivity index (χ0v) is 29.8. The van der Waals surface area contributed by atoms with Crippen LogP contribution in [0.4, 0.5) is 0 Å². The van der Waals surface area contributed by atoms with Crippen LogP contribution in [0.2, 0.25) is 13.1 Å². The van der Waals surface area contributed by atoms with Crippen molar-refractivity contribution < 1.29 is 4.42 Å². The average Bonchev–Trinajstić information content (AvgIpc) is 3.68. The number of furan rings is 1. The van der Waals surface area contributed by atoms with E-state index in [1.165, 1.54) is 32.6 Å². The highest BCUT2D eigenvalue weighted by Gasteiger charge is 2.38. The molecule has 246 valence electrons. The fraction of sp³-hybridized carbons (Fsp3) is 0.0426. The third-order valence-electron chi connectivity index (χ3n) is 10.6. The number of nitrogens with zero attached hydrogens (tertiary/aromatic N) is 3. The van der Waals surface area contributed by atoms with E-state index in [0.717, 1.165) is 49.8 Å². The fourth-order valence-corrected chi connectivity index (χ4v) is 10.9. The minimum absolute atomic E-state index is 0.623. The van der Waals surface area contributed by atoms with Crippen LogP contribution in [-0.2, 0) is 0 Å². The highest BCUT2D eigenvalue weighted by Crippen LogP contribution is 2.40. The standard InChI is InChI=1S/C47H33N3OSi/c1-52(2)43-25-23-34(26-39(43)36-24-22-33(27-44(36)52)30-14-6-3-7-15-30)46-48-45(32-18-10-5-11-19-32)49-47(50-46)40-28-38-35-20-12-13-21-41(35)51-42(38)29-37(40)31-16-8-4-9-17-31/h3-29H,1-2H3. The summed E-state index contributed by atoms with van der Waals surface area (Å²) in [5, 5.41) is 5.01. The molecule has 0 spiro atoms. The van der Waals surface area contributed by atoms with Crippen molar-refractivity contribution in [2.24, 2.45) is 0 Å². The summed E-state index contributed by atoms with van der Waals surface area (Å²) >= 11 is 0. The van der Waals surface area contributed by atoms with E-state index in [0.29, 0.717) is 17.5 Å². The number of fused-ring (bicyclic) bond motifs is 6. The molecular formula is C47H33N3OSi. The zero-order chi connectivity index (χ0) is 34.8. The van der Waals surface area contributed by atoms with Gasteiger partial charge < -0.3 is 4.42 Å². The molecule has 0 saturated heterocycles. The van der Waals surface area contributed by atoms with Crippen LogP contribution in [0.1, 0.15) is 0 Å². The topological polar surface area (TPSA) is 51.8 Å². The molecule has 9 aromatic rings. The van der Waals surface area contributed by atoms with Crippen LogP contribution >= 0.6 is 0 Å². The largest absolute Gasteiger partial charge is 0.456 e. The molecule has 0 unspecified atom stereocenters. The van der Waals surface area contributed by atoms with E-state index in [1.807, 2.05) is 36.4 Å². The molecule has 10 rings (SSSR count). The molecule has 0 fully saturated rings. The molecule has 0 N–H and O–H groups in total. The SMILES string of the molecule is C[Si]1(C)c2ccc(-c3nc(-c4ccccc4)nc(-c4cc5c(cc4-c4ccccc4)oc4ccccc45)n3)cc2-c2ccc(-c3ccccc3)cc21. The van der Waals surface area contributed by atoms with Gasteiger partial charge >= 0.3 is 0 Å². The molecule has 0 atom stereocenters. The molecule has 7 aromatic carbocycles. The monoisotopic (exact) mass is 683 g/mol. The molecule has 1 aliphatic rings. The van der Waals surface area contributed by atoms with Crippen molar-refractivity contribution >= 4 is 40.4 Å². The fourth-order valence-electron chi connectivity index (χ4n) is 7.86. The molecule has 0 radical (unpaired) electrons. The van der Waals surface area contributed by atoms with E-state index >= 15 is 0 Å². The van der Waals surface area contributed by atoms with E-state index in [-0.39, 0.29) is 0 Å². The Hall–Kier alpha value is -6.43. The zero-order valence-electron chi connectivity index (χ0n) is 28.8. The summed E-state index contributed by atoms with van der Waals surface area (Å²) in [7, 11) is -1.95. The second kappa shape index (κ2) is 11.8. The van der Waals surface area contributed by atoms with Gasteiger partial charge in [-0.15, -0.1) is 0 Å². The maximum atomic E-state index is 6.36. The summed E-state index contributed by atoms with van der Waals surface area (Å²) in [5.74, 6) is 1.91. The minimum Gasteiger partial charge on any atom is -0.456 e. The first-order chi connectivity index (χ1) is 25.5. The third kappa shape index (κ3) is 4.93. The lowest BCUT2D eigenvalue weighted by Gasteiger charge is -2.19. The third-order valence-corrected chi connectivity index (χ3v) is 14.1. The predicted octanol–water partition coefficient (Wildman–Crippen LogP) is 10.9. The summed E-state index contributed by atoms with van der Waals surface area (Å²) in [6.07, 6.45) is 0. The van der Waals surface area contributed by atoms with Gasteiger partial charge in [-0.25, -0.2) is 15.0 Å². The van der Waals surface area contributed by atoms with Crippen LogP contribution in [0.3, 0.4) is 0 Å². The van der Waals surface area contributed by atoms with Crippen molar-refractivity contribution in [3.8, 4) is 67.5 Å². The normalized spacial score (nSPS) is 13.0. The lowest BCUT2D eigenvalue weighted by molar-refractivity contribution is 0.669. The number of rotatable bonds is 5. The van der Waals surface area contributed by atoms with Crippen molar-refractivity contribution in [1.29, 1.82) is 0 Å². The number of hydrogen-bond donors (Lipinski definition) is 0. The summed E-state index contributed by atoms with van der Waals surface area (Å²) in [6.45, 7) is 4.92. The van der Waals surface area contributed by atoms with Gasteiger partial charge in [0.25, 0.3) is 0 Å². The maximum Gasteiger partial charge on any atom is 0.164 e. The van der Waals surface area contributed by atoms with E-state index in [1.54, 1.807) is 0 Å². The Morgan fingerprint density at radius 3 is 1.73 bits per heavy atom. The maximum absolute atomic E-state index is 6.36. The number of hydrogen-bond acceptors (Lipinski definition) is 4. The second-order valence-corrected chi connectivity index (χ2v) is 18.4. The van der Waals surface area contributed by atoms with Gasteiger partial charge in [-0.1, -0.05) is 153 Å². The van der Waals surface area contributed by atoms with Crippen LogP contribution < -0.4 is 10.4 Å². The summed E-state index contributed by atoms with van der Waals surface area (Å²) < 4.78 is 6.36. The molecule has 2 aromatic heterocycles. The second-order valence-electron chi connectivity index (χ2n) is 14.0. The van der Waals surface area contributed by atoms with E-state index in [4.69, 9.17) is 19.4 Å². The van der Waals surface area contributed by atoms with Crippen molar-refractivity contribution in [2.45, 2.75) is 13.1 Å². The Morgan fingerprint density at radius 2 is 0.981 bits per heavy atom. The molecular weight excluding hydrogens is 651 g/mol. The first-order valence-corrected chi connectivity index (χ1v) is 20.7. The van der Waals surface area contributed by atoms with Gasteiger partial charge in [0.2, 0.25) is 0 Å². The molecule has 3 heterocycles. The highest BCUT2D eigenvalue weighted by molar-refractivity contribution is 7.03. The molecule has 0 saturated carbocycles. The summed E-state index contributed by atoms with van der Waals surface area (Å²) in [6, 6.07) is 57.6. The Morgan fingerprint density at radius 1 is 0.365 bits per heavy atom. The van der Waals surface area contributed by atoms with Gasteiger partial charge in [-0.2, -0.15) is 0 Å². The molecule has 4 nitrogen and oxygen atoms in total. The number of para-hydroxylation sites is 1. The van der Waals surface area contributed by atoms with Gasteiger partial charge in [0, 0.05) is 27.5 Å². The number of benzene rings is 7. The van der Waals surface area contributed by atoms with E-state index in [2.05, 4.69) is 140 Å². The lowest BCUT2D eigenvalue weighted by Crippen LogP contribution is -2.49. The average molecular weight is 684 g/mol. The molecule has 0 aliphatic carbocycles. The Kier molecular flexibility index (Phi) is 6.91. The molecule has 5 heteroatoms. The molecule has 52 heavy (non-hydrogen) atoms. The molecule has 1 aliphatic heterocycles. The smallest absolute Gasteiger partial charge is 0.164 e.